The predicted octanol–water partition coefficient (Wildman–Crippen LogP) is 5.09. The molecule has 0 amide bonds. The highest BCUT2D eigenvalue weighted by atomic mass is 16.6. The molecular formula is C37H42O8. The van der Waals surface area contributed by atoms with Gasteiger partial charge in [0, 0.05) is 0 Å². The SMILES string of the molecule is COc1ccc(CO[C@@H]2[C@@H](OCc3ccccc3)[C@H](OCc3ccccc3)[C@@H](COCc3ccccc3)O[C@H]2C(O)CO)cc1. The summed E-state index contributed by atoms with van der Waals surface area (Å²) in [6, 6.07) is 37.2. The smallest absolute Gasteiger partial charge is 0.118 e. The first-order chi connectivity index (χ1) is 22.1. The summed E-state index contributed by atoms with van der Waals surface area (Å²) < 4.78 is 37.7. The maximum absolute atomic E-state index is 11.0. The Morgan fingerprint density at radius 2 is 1.07 bits per heavy atom. The molecule has 5 rings (SSSR count). The molecule has 6 atom stereocenters. The predicted molar refractivity (Wildman–Crippen MR) is 169 cm³/mol. The molecule has 45 heavy (non-hydrogen) atoms. The third-order valence-corrected chi connectivity index (χ3v) is 7.80. The molecule has 0 aliphatic carbocycles. The summed E-state index contributed by atoms with van der Waals surface area (Å²) in [6.45, 7) is 0.877. The minimum Gasteiger partial charge on any atom is -0.497 e. The number of rotatable bonds is 16. The molecule has 1 heterocycles. The molecule has 0 aromatic heterocycles. The van der Waals surface area contributed by atoms with Gasteiger partial charge in [0.1, 0.15) is 42.4 Å². The van der Waals surface area contributed by atoms with Crippen LogP contribution in [0.4, 0.5) is 0 Å². The summed E-state index contributed by atoms with van der Waals surface area (Å²) in [5.41, 5.74) is 3.91. The summed E-state index contributed by atoms with van der Waals surface area (Å²) in [5, 5.41) is 21.1. The van der Waals surface area contributed by atoms with Crippen LogP contribution in [0.1, 0.15) is 22.3 Å². The van der Waals surface area contributed by atoms with Gasteiger partial charge >= 0.3 is 0 Å². The van der Waals surface area contributed by atoms with Crippen LogP contribution in [0, 0.1) is 0 Å². The molecule has 0 spiro atoms. The first kappa shape index (κ1) is 32.8. The summed E-state index contributed by atoms with van der Waals surface area (Å²) >= 11 is 0. The molecule has 1 aliphatic heterocycles. The van der Waals surface area contributed by atoms with Gasteiger partial charge in [-0.2, -0.15) is 0 Å². The molecule has 1 fully saturated rings. The average molecular weight is 615 g/mol. The molecular weight excluding hydrogens is 572 g/mol. The van der Waals surface area contributed by atoms with Crippen molar-refractivity contribution in [2.45, 2.75) is 63.1 Å². The first-order valence-electron chi connectivity index (χ1n) is 15.3. The lowest BCUT2D eigenvalue weighted by Gasteiger charge is -2.47. The monoisotopic (exact) mass is 614 g/mol. The van der Waals surface area contributed by atoms with E-state index in [0.717, 1.165) is 28.0 Å². The van der Waals surface area contributed by atoms with E-state index in [4.69, 9.17) is 28.4 Å². The van der Waals surface area contributed by atoms with Crippen molar-refractivity contribution < 1.29 is 38.6 Å². The van der Waals surface area contributed by atoms with Crippen LogP contribution in [-0.2, 0) is 50.1 Å². The second-order valence-corrected chi connectivity index (χ2v) is 11.0. The molecule has 4 aromatic rings. The van der Waals surface area contributed by atoms with E-state index in [-0.39, 0.29) is 13.2 Å². The summed E-state index contributed by atoms with van der Waals surface area (Å²) in [4.78, 5) is 0. The third-order valence-electron chi connectivity index (χ3n) is 7.80. The van der Waals surface area contributed by atoms with Crippen LogP contribution < -0.4 is 4.74 Å². The Labute approximate surface area is 265 Å². The number of ether oxygens (including phenoxy) is 6. The lowest BCUT2D eigenvalue weighted by Crippen LogP contribution is -2.64. The molecule has 8 heteroatoms. The van der Waals surface area contributed by atoms with E-state index >= 15 is 0 Å². The second kappa shape index (κ2) is 17.2. The van der Waals surface area contributed by atoms with E-state index < -0.39 is 43.2 Å². The Kier molecular flexibility index (Phi) is 12.5. The lowest BCUT2D eigenvalue weighted by atomic mass is 9.91. The van der Waals surface area contributed by atoms with Gasteiger partial charge in [-0.1, -0.05) is 103 Å². The van der Waals surface area contributed by atoms with Crippen LogP contribution in [-0.4, -0.2) is 67.2 Å². The molecule has 1 unspecified atom stereocenters. The van der Waals surface area contributed by atoms with Crippen LogP contribution in [0.25, 0.3) is 0 Å². The third kappa shape index (κ3) is 9.45. The van der Waals surface area contributed by atoms with Crippen molar-refractivity contribution in [3.8, 4) is 5.75 Å². The number of hydrogen-bond acceptors (Lipinski definition) is 8. The van der Waals surface area contributed by atoms with E-state index in [0.29, 0.717) is 19.8 Å². The van der Waals surface area contributed by atoms with Gasteiger partial charge in [-0.15, -0.1) is 0 Å². The zero-order valence-corrected chi connectivity index (χ0v) is 25.5. The standard InChI is InChI=1S/C37H42O8/c1-40-31-19-17-30(18-20-31)25-43-36-34(32(39)21-38)45-33(26-41-22-27-11-5-2-6-12-27)35(42-23-28-13-7-3-8-14-28)37(36)44-24-29-15-9-4-10-16-29/h2-20,32-39H,21-26H2,1H3/t32?,33-,34+,35-,36+,37+/m1/s1. The highest BCUT2D eigenvalue weighted by Gasteiger charge is 2.50. The summed E-state index contributed by atoms with van der Waals surface area (Å²) in [6.07, 6.45) is -4.81. The van der Waals surface area contributed by atoms with E-state index in [1.54, 1.807) is 7.11 Å². The van der Waals surface area contributed by atoms with Crippen molar-refractivity contribution in [3.63, 3.8) is 0 Å². The van der Waals surface area contributed by atoms with Crippen LogP contribution in [0.15, 0.2) is 115 Å². The van der Waals surface area contributed by atoms with Gasteiger partial charge in [-0.25, -0.2) is 0 Å². The van der Waals surface area contributed by atoms with Crippen LogP contribution in [0.2, 0.25) is 0 Å². The molecule has 2 N–H and O–H groups in total. The van der Waals surface area contributed by atoms with Gasteiger partial charge in [0.25, 0.3) is 0 Å². The fourth-order valence-electron chi connectivity index (χ4n) is 5.39. The number of methoxy groups -OCH3 is 1. The first-order valence-corrected chi connectivity index (χ1v) is 15.3. The highest BCUT2D eigenvalue weighted by Crippen LogP contribution is 2.32. The van der Waals surface area contributed by atoms with Crippen molar-refractivity contribution in [2.24, 2.45) is 0 Å². The Hall–Kier alpha value is -3.60. The zero-order chi connectivity index (χ0) is 31.3. The highest BCUT2D eigenvalue weighted by molar-refractivity contribution is 5.26. The molecule has 0 saturated carbocycles. The van der Waals surface area contributed by atoms with E-state index in [1.807, 2.05) is 115 Å². The molecule has 8 nitrogen and oxygen atoms in total. The Morgan fingerprint density at radius 1 is 0.600 bits per heavy atom. The van der Waals surface area contributed by atoms with Crippen molar-refractivity contribution in [1.29, 1.82) is 0 Å². The maximum atomic E-state index is 11.0. The Balaban J connectivity index is 1.43. The molecule has 4 aromatic carbocycles. The Morgan fingerprint density at radius 3 is 1.58 bits per heavy atom. The van der Waals surface area contributed by atoms with Crippen molar-refractivity contribution in [1.82, 2.24) is 0 Å². The molecule has 1 saturated heterocycles. The second-order valence-electron chi connectivity index (χ2n) is 11.0. The summed E-state index contributed by atoms with van der Waals surface area (Å²) in [7, 11) is 1.62. The lowest BCUT2D eigenvalue weighted by molar-refractivity contribution is -0.288. The van der Waals surface area contributed by atoms with Gasteiger partial charge in [-0.05, 0) is 34.4 Å². The minimum atomic E-state index is -1.22. The van der Waals surface area contributed by atoms with Crippen LogP contribution in [0.3, 0.4) is 0 Å². The molecule has 0 bridgehead atoms. The van der Waals surface area contributed by atoms with Crippen LogP contribution >= 0.6 is 0 Å². The van der Waals surface area contributed by atoms with Crippen molar-refractivity contribution in [2.75, 3.05) is 20.3 Å². The quantitative estimate of drug-likeness (QED) is 0.180. The fraction of sp³-hybridized carbons (Fsp3) is 0.351. The number of hydrogen-bond donors (Lipinski definition) is 2. The number of benzene rings is 4. The van der Waals surface area contributed by atoms with E-state index in [9.17, 15) is 10.2 Å². The molecule has 238 valence electrons. The Bertz CT molecular complexity index is 1370. The summed E-state index contributed by atoms with van der Waals surface area (Å²) in [5.74, 6) is 0.741. The van der Waals surface area contributed by atoms with Gasteiger partial charge in [0.05, 0.1) is 46.8 Å². The van der Waals surface area contributed by atoms with Gasteiger partial charge in [0.15, 0.2) is 0 Å². The van der Waals surface area contributed by atoms with Crippen molar-refractivity contribution >= 4 is 0 Å². The number of aliphatic hydroxyl groups excluding tert-OH is 2. The van der Waals surface area contributed by atoms with Crippen LogP contribution in [0.5, 0.6) is 5.75 Å². The zero-order valence-electron chi connectivity index (χ0n) is 25.5. The molecule has 1 aliphatic rings. The maximum Gasteiger partial charge on any atom is 0.118 e. The van der Waals surface area contributed by atoms with Gasteiger partial charge < -0.3 is 38.6 Å². The normalized spacial score (nSPS) is 22.2. The van der Waals surface area contributed by atoms with E-state index in [2.05, 4.69) is 0 Å². The van der Waals surface area contributed by atoms with Gasteiger partial charge in [0.2, 0.25) is 0 Å². The average Bonchev–Trinajstić information content (AvgIpc) is 3.10. The molecule has 0 radical (unpaired) electrons. The largest absolute Gasteiger partial charge is 0.497 e. The van der Waals surface area contributed by atoms with Crippen molar-refractivity contribution in [3.05, 3.63) is 138 Å². The van der Waals surface area contributed by atoms with E-state index in [1.165, 1.54) is 0 Å². The fourth-order valence-corrected chi connectivity index (χ4v) is 5.39. The van der Waals surface area contributed by atoms with Gasteiger partial charge in [-0.3, -0.25) is 0 Å². The minimum absolute atomic E-state index is 0.180. The topological polar surface area (TPSA) is 95.8 Å². The number of aliphatic hydroxyl groups is 2.